The Balaban J connectivity index is 1.65. The Morgan fingerprint density at radius 2 is 2.05 bits per heavy atom. The maximum Gasteiger partial charge on any atom is 0.251 e. The van der Waals surface area contributed by atoms with E-state index in [-0.39, 0.29) is 24.3 Å². The number of benzene rings is 1. The smallest absolute Gasteiger partial charge is 0.251 e. The van der Waals surface area contributed by atoms with Crippen molar-refractivity contribution in [3.63, 3.8) is 0 Å². The van der Waals surface area contributed by atoms with E-state index >= 15 is 0 Å². The van der Waals surface area contributed by atoms with Gasteiger partial charge in [-0.25, -0.2) is 4.90 Å². The molecule has 0 saturated carbocycles. The van der Waals surface area contributed by atoms with E-state index in [1.165, 1.54) is 4.90 Å². The Hall–Kier alpha value is -1.72. The number of nitrogens with one attached hydrogen (secondary N) is 1. The lowest BCUT2D eigenvalue weighted by Crippen LogP contribution is -2.41. The maximum atomic E-state index is 12.4. The fourth-order valence-electron chi connectivity index (χ4n) is 2.84. The summed E-state index contributed by atoms with van der Waals surface area (Å²) in [7, 11) is 0. The first-order chi connectivity index (χ1) is 10.1. The summed E-state index contributed by atoms with van der Waals surface area (Å²) in [5.74, 6) is -0.310. The second-order valence-corrected chi connectivity index (χ2v) is 5.70. The van der Waals surface area contributed by atoms with E-state index in [0.29, 0.717) is 12.2 Å². The van der Waals surface area contributed by atoms with Crippen LogP contribution in [0.25, 0.3) is 0 Å². The second-order valence-electron chi connectivity index (χ2n) is 5.70. The van der Waals surface area contributed by atoms with Gasteiger partial charge in [0, 0.05) is 13.2 Å². The maximum absolute atomic E-state index is 12.4. The van der Waals surface area contributed by atoms with Crippen LogP contribution in [0.15, 0.2) is 24.3 Å². The molecule has 2 aliphatic rings. The topological polar surface area (TPSA) is 58.6 Å². The molecule has 5 nitrogen and oxygen atoms in total. The molecule has 2 aliphatic heterocycles. The summed E-state index contributed by atoms with van der Waals surface area (Å²) in [6.45, 7) is 3.40. The van der Waals surface area contributed by atoms with Crippen LogP contribution >= 0.6 is 0 Å². The van der Waals surface area contributed by atoms with Crippen molar-refractivity contribution in [3.8, 4) is 0 Å². The molecular weight excluding hydrogens is 268 g/mol. The van der Waals surface area contributed by atoms with Crippen LogP contribution < -0.4 is 10.2 Å². The van der Waals surface area contributed by atoms with Crippen molar-refractivity contribution in [2.75, 3.05) is 18.1 Å². The SMILES string of the molecule is Cc1ccc(N2C(=O)C[C@@H](NC[C@H]3CCCO3)C2=O)cc1. The summed E-state index contributed by atoms with van der Waals surface area (Å²) in [6, 6.07) is 7.01. The number of ether oxygens (including phenoxy) is 1. The molecule has 2 atom stereocenters. The van der Waals surface area contributed by atoms with Crippen molar-refractivity contribution in [1.29, 1.82) is 0 Å². The Morgan fingerprint density at radius 1 is 1.29 bits per heavy atom. The largest absolute Gasteiger partial charge is 0.377 e. The van der Waals surface area contributed by atoms with Crippen LogP contribution in [0.4, 0.5) is 5.69 Å². The third-order valence-electron chi connectivity index (χ3n) is 4.05. The number of rotatable bonds is 4. The van der Waals surface area contributed by atoms with Crippen LogP contribution in [-0.2, 0) is 14.3 Å². The molecule has 2 saturated heterocycles. The number of carbonyl (C=O) groups is 2. The molecule has 1 aromatic rings. The highest BCUT2D eigenvalue weighted by Gasteiger charge is 2.39. The van der Waals surface area contributed by atoms with Gasteiger partial charge >= 0.3 is 0 Å². The molecule has 0 radical (unpaired) electrons. The molecule has 2 heterocycles. The lowest BCUT2D eigenvalue weighted by atomic mass is 10.2. The molecular formula is C16H20N2O3. The van der Waals surface area contributed by atoms with Crippen molar-refractivity contribution in [2.24, 2.45) is 0 Å². The average Bonchev–Trinajstić information content (AvgIpc) is 3.07. The summed E-state index contributed by atoms with van der Waals surface area (Å²) in [4.78, 5) is 25.8. The number of carbonyl (C=O) groups excluding carboxylic acids is 2. The minimum absolute atomic E-state index is 0.145. The highest BCUT2D eigenvalue weighted by molar-refractivity contribution is 6.22. The molecule has 0 spiro atoms. The van der Waals surface area contributed by atoms with Crippen LogP contribution in [0.5, 0.6) is 0 Å². The Bertz CT molecular complexity index is 535. The molecule has 2 fully saturated rings. The predicted molar refractivity (Wildman–Crippen MR) is 79.1 cm³/mol. The molecule has 21 heavy (non-hydrogen) atoms. The zero-order valence-electron chi connectivity index (χ0n) is 12.2. The van der Waals surface area contributed by atoms with Crippen LogP contribution in [0.1, 0.15) is 24.8 Å². The normalized spacial score (nSPS) is 25.9. The molecule has 0 unspecified atom stereocenters. The molecule has 0 bridgehead atoms. The zero-order chi connectivity index (χ0) is 14.8. The van der Waals surface area contributed by atoms with E-state index in [4.69, 9.17) is 4.74 Å². The lowest BCUT2D eigenvalue weighted by Gasteiger charge is -2.17. The number of aryl methyl sites for hydroxylation is 1. The first kappa shape index (κ1) is 14.2. The predicted octanol–water partition coefficient (Wildman–Crippen LogP) is 1.40. The first-order valence-corrected chi connectivity index (χ1v) is 7.43. The van der Waals surface area contributed by atoms with Gasteiger partial charge in [0.1, 0.15) is 0 Å². The summed E-state index contributed by atoms with van der Waals surface area (Å²) >= 11 is 0. The van der Waals surface area contributed by atoms with Gasteiger partial charge < -0.3 is 10.1 Å². The first-order valence-electron chi connectivity index (χ1n) is 7.43. The fourth-order valence-corrected chi connectivity index (χ4v) is 2.84. The molecule has 5 heteroatoms. The third-order valence-corrected chi connectivity index (χ3v) is 4.05. The van der Waals surface area contributed by atoms with E-state index in [0.717, 1.165) is 25.0 Å². The molecule has 1 aromatic carbocycles. The van der Waals surface area contributed by atoms with Gasteiger partial charge in [0.25, 0.3) is 5.91 Å². The quantitative estimate of drug-likeness (QED) is 0.851. The fraction of sp³-hybridized carbons (Fsp3) is 0.500. The zero-order valence-corrected chi connectivity index (χ0v) is 12.2. The molecule has 0 aromatic heterocycles. The van der Waals surface area contributed by atoms with Gasteiger partial charge in [0.15, 0.2) is 0 Å². The minimum atomic E-state index is -0.428. The van der Waals surface area contributed by atoms with Gasteiger partial charge in [-0.15, -0.1) is 0 Å². The number of hydrogen-bond donors (Lipinski definition) is 1. The van der Waals surface area contributed by atoms with Crippen molar-refractivity contribution in [1.82, 2.24) is 5.32 Å². The molecule has 3 rings (SSSR count). The number of nitrogens with zero attached hydrogens (tertiary/aromatic N) is 1. The number of imide groups is 1. The molecule has 2 amide bonds. The minimum Gasteiger partial charge on any atom is -0.377 e. The number of anilines is 1. The van der Waals surface area contributed by atoms with Crippen molar-refractivity contribution in [2.45, 2.75) is 38.3 Å². The highest BCUT2D eigenvalue weighted by Crippen LogP contribution is 2.23. The van der Waals surface area contributed by atoms with Crippen LogP contribution in [0, 0.1) is 6.92 Å². The number of hydrogen-bond acceptors (Lipinski definition) is 4. The summed E-state index contributed by atoms with van der Waals surface area (Å²) in [6.07, 6.45) is 2.48. The van der Waals surface area contributed by atoms with Crippen molar-refractivity contribution >= 4 is 17.5 Å². The van der Waals surface area contributed by atoms with Gasteiger partial charge in [-0.1, -0.05) is 17.7 Å². The summed E-state index contributed by atoms with van der Waals surface area (Å²) in [5.41, 5.74) is 1.75. The van der Waals surface area contributed by atoms with Crippen molar-refractivity contribution < 1.29 is 14.3 Å². The van der Waals surface area contributed by atoms with Gasteiger partial charge in [0.05, 0.1) is 24.3 Å². The Labute approximate surface area is 124 Å². The molecule has 0 aliphatic carbocycles. The van der Waals surface area contributed by atoms with E-state index in [9.17, 15) is 9.59 Å². The average molecular weight is 288 g/mol. The molecule has 112 valence electrons. The van der Waals surface area contributed by atoms with Gasteiger partial charge in [-0.05, 0) is 31.9 Å². The van der Waals surface area contributed by atoms with Crippen LogP contribution in [-0.4, -0.2) is 37.1 Å². The Morgan fingerprint density at radius 3 is 2.71 bits per heavy atom. The third kappa shape index (κ3) is 2.99. The Kier molecular flexibility index (Phi) is 4.03. The van der Waals surface area contributed by atoms with E-state index < -0.39 is 6.04 Å². The van der Waals surface area contributed by atoms with Crippen molar-refractivity contribution in [3.05, 3.63) is 29.8 Å². The van der Waals surface area contributed by atoms with Gasteiger partial charge in [-0.2, -0.15) is 0 Å². The second kappa shape index (κ2) is 5.95. The van der Waals surface area contributed by atoms with Gasteiger partial charge in [-0.3, -0.25) is 9.59 Å². The van der Waals surface area contributed by atoms with Gasteiger partial charge in [0.2, 0.25) is 5.91 Å². The summed E-state index contributed by atoms with van der Waals surface area (Å²) < 4.78 is 5.53. The summed E-state index contributed by atoms with van der Waals surface area (Å²) in [5, 5.41) is 3.18. The molecule has 1 N–H and O–H groups in total. The lowest BCUT2D eigenvalue weighted by molar-refractivity contribution is -0.121. The van der Waals surface area contributed by atoms with E-state index in [2.05, 4.69) is 5.32 Å². The van der Waals surface area contributed by atoms with Crippen LogP contribution in [0.3, 0.4) is 0 Å². The number of amides is 2. The monoisotopic (exact) mass is 288 g/mol. The van der Waals surface area contributed by atoms with E-state index in [1.54, 1.807) is 0 Å². The standard InChI is InChI=1S/C16H20N2O3/c1-11-4-6-12(7-5-11)18-15(19)9-14(16(18)20)17-10-13-3-2-8-21-13/h4-7,13-14,17H,2-3,8-10H2,1H3/t13-,14-/m1/s1. The highest BCUT2D eigenvalue weighted by atomic mass is 16.5. The van der Waals surface area contributed by atoms with E-state index in [1.807, 2.05) is 31.2 Å². The van der Waals surface area contributed by atoms with Crippen LogP contribution in [0.2, 0.25) is 0 Å².